The summed E-state index contributed by atoms with van der Waals surface area (Å²) in [5, 5.41) is 5.24. The van der Waals surface area contributed by atoms with Gasteiger partial charge in [0.05, 0.1) is 5.25 Å². The Labute approximate surface area is 111 Å². The SMILES string of the molecule is CS[C@H](C)C(=O)NCc1cccc(NC(N)=O)c1. The smallest absolute Gasteiger partial charge is 0.316 e. The van der Waals surface area contributed by atoms with Crippen LogP contribution in [0.15, 0.2) is 24.3 Å². The Hall–Kier alpha value is -1.69. The molecule has 4 N–H and O–H groups in total. The van der Waals surface area contributed by atoms with Gasteiger partial charge in [-0.05, 0) is 30.9 Å². The summed E-state index contributed by atoms with van der Waals surface area (Å²) in [7, 11) is 0. The van der Waals surface area contributed by atoms with Crippen LogP contribution in [0.3, 0.4) is 0 Å². The first kappa shape index (κ1) is 14.4. The average molecular weight is 267 g/mol. The number of primary amides is 1. The van der Waals surface area contributed by atoms with Gasteiger partial charge in [-0.1, -0.05) is 12.1 Å². The van der Waals surface area contributed by atoms with E-state index in [-0.39, 0.29) is 11.2 Å². The third-order valence-corrected chi connectivity index (χ3v) is 3.31. The summed E-state index contributed by atoms with van der Waals surface area (Å²) in [6.45, 7) is 2.28. The molecule has 18 heavy (non-hydrogen) atoms. The van der Waals surface area contributed by atoms with Crippen molar-refractivity contribution in [2.45, 2.75) is 18.7 Å². The maximum Gasteiger partial charge on any atom is 0.316 e. The van der Waals surface area contributed by atoms with Crippen molar-refractivity contribution in [1.82, 2.24) is 5.32 Å². The van der Waals surface area contributed by atoms with E-state index in [4.69, 9.17) is 5.73 Å². The minimum Gasteiger partial charge on any atom is -0.351 e. The molecular weight excluding hydrogens is 250 g/mol. The second kappa shape index (κ2) is 6.90. The van der Waals surface area contributed by atoms with Crippen LogP contribution < -0.4 is 16.4 Å². The van der Waals surface area contributed by atoms with Gasteiger partial charge in [0, 0.05) is 12.2 Å². The second-order valence-electron chi connectivity index (χ2n) is 3.79. The number of nitrogens with two attached hydrogens (primary N) is 1. The fraction of sp³-hybridized carbons (Fsp3) is 0.333. The van der Waals surface area contributed by atoms with E-state index in [2.05, 4.69) is 10.6 Å². The van der Waals surface area contributed by atoms with Crippen LogP contribution in [-0.2, 0) is 11.3 Å². The first-order chi connectivity index (χ1) is 8.52. The molecule has 0 saturated heterocycles. The fourth-order valence-corrected chi connectivity index (χ4v) is 1.64. The van der Waals surface area contributed by atoms with Crippen molar-refractivity contribution >= 4 is 29.4 Å². The van der Waals surface area contributed by atoms with Crippen molar-refractivity contribution in [3.63, 3.8) is 0 Å². The van der Waals surface area contributed by atoms with E-state index < -0.39 is 6.03 Å². The highest BCUT2D eigenvalue weighted by atomic mass is 32.2. The third-order valence-electron chi connectivity index (χ3n) is 2.38. The lowest BCUT2D eigenvalue weighted by Crippen LogP contribution is -2.30. The molecule has 0 spiro atoms. The van der Waals surface area contributed by atoms with Gasteiger partial charge in [0.2, 0.25) is 5.91 Å². The predicted molar refractivity (Wildman–Crippen MR) is 74.5 cm³/mol. The van der Waals surface area contributed by atoms with Gasteiger partial charge in [0.15, 0.2) is 0 Å². The standard InChI is InChI=1S/C12H17N3O2S/c1-8(18-2)11(16)14-7-9-4-3-5-10(6-9)15-12(13)17/h3-6,8H,7H2,1-2H3,(H,14,16)(H3,13,15,17)/t8-/m1/s1. The van der Waals surface area contributed by atoms with Crippen LogP contribution in [0.5, 0.6) is 0 Å². The van der Waals surface area contributed by atoms with Gasteiger partial charge in [-0.2, -0.15) is 11.8 Å². The van der Waals surface area contributed by atoms with Crippen molar-refractivity contribution < 1.29 is 9.59 Å². The second-order valence-corrected chi connectivity index (χ2v) is 4.96. The number of carbonyl (C=O) groups is 2. The molecule has 1 rings (SSSR count). The first-order valence-electron chi connectivity index (χ1n) is 5.49. The highest BCUT2D eigenvalue weighted by Crippen LogP contribution is 2.11. The number of amides is 3. The van der Waals surface area contributed by atoms with E-state index in [0.717, 1.165) is 5.56 Å². The normalized spacial score (nSPS) is 11.7. The molecule has 1 aromatic carbocycles. The van der Waals surface area contributed by atoms with Crippen LogP contribution in [0.25, 0.3) is 0 Å². The molecule has 0 aromatic heterocycles. The quantitative estimate of drug-likeness (QED) is 0.756. The highest BCUT2D eigenvalue weighted by molar-refractivity contribution is 7.99. The Morgan fingerprint density at radius 2 is 2.17 bits per heavy atom. The lowest BCUT2D eigenvalue weighted by molar-refractivity contribution is -0.120. The zero-order valence-electron chi connectivity index (χ0n) is 10.4. The van der Waals surface area contributed by atoms with Gasteiger partial charge in [-0.3, -0.25) is 4.79 Å². The van der Waals surface area contributed by atoms with Crippen molar-refractivity contribution in [3.8, 4) is 0 Å². The summed E-state index contributed by atoms with van der Waals surface area (Å²) < 4.78 is 0. The molecule has 5 nitrogen and oxygen atoms in total. The number of nitrogens with one attached hydrogen (secondary N) is 2. The molecule has 0 unspecified atom stereocenters. The number of benzene rings is 1. The Balaban J connectivity index is 2.57. The maximum atomic E-state index is 11.6. The van der Waals surface area contributed by atoms with Gasteiger partial charge >= 0.3 is 6.03 Å². The van der Waals surface area contributed by atoms with Crippen LogP contribution in [0, 0.1) is 0 Å². The summed E-state index contributed by atoms with van der Waals surface area (Å²) in [5.41, 5.74) is 6.56. The Morgan fingerprint density at radius 1 is 1.44 bits per heavy atom. The summed E-state index contributed by atoms with van der Waals surface area (Å²) in [5.74, 6) is -0.00392. The zero-order chi connectivity index (χ0) is 13.5. The van der Waals surface area contributed by atoms with E-state index in [1.807, 2.05) is 19.2 Å². The van der Waals surface area contributed by atoms with Gasteiger partial charge in [0.1, 0.15) is 0 Å². The zero-order valence-corrected chi connectivity index (χ0v) is 11.2. The van der Waals surface area contributed by atoms with Crippen LogP contribution in [0.1, 0.15) is 12.5 Å². The van der Waals surface area contributed by atoms with E-state index in [9.17, 15) is 9.59 Å². The minimum absolute atomic E-state index is 0.00392. The molecule has 0 saturated carbocycles. The Morgan fingerprint density at radius 3 is 2.78 bits per heavy atom. The highest BCUT2D eigenvalue weighted by Gasteiger charge is 2.10. The predicted octanol–water partition coefficient (Wildman–Crippen LogP) is 1.54. The molecule has 3 amide bonds. The molecule has 6 heteroatoms. The molecule has 0 bridgehead atoms. The molecule has 0 radical (unpaired) electrons. The van der Waals surface area contributed by atoms with Gasteiger partial charge in [-0.15, -0.1) is 0 Å². The number of carbonyl (C=O) groups excluding carboxylic acids is 2. The van der Waals surface area contributed by atoms with Crippen LogP contribution in [0.4, 0.5) is 10.5 Å². The monoisotopic (exact) mass is 267 g/mol. The number of rotatable bonds is 5. The average Bonchev–Trinajstić information content (AvgIpc) is 2.34. The topological polar surface area (TPSA) is 84.2 Å². The van der Waals surface area contributed by atoms with Gasteiger partial charge in [-0.25, -0.2) is 4.79 Å². The van der Waals surface area contributed by atoms with Crippen LogP contribution in [0.2, 0.25) is 0 Å². The molecule has 0 aliphatic carbocycles. The number of urea groups is 1. The van der Waals surface area contributed by atoms with E-state index in [0.29, 0.717) is 12.2 Å². The molecule has 98 valence electrons. The number of hydrogen-bond acceptors (Lipinski definition) is 3. The molecule has 0 aliphatic heterocycles. The molecule has 0 heterocycles. The molecule has 1 aromatic rings. The summed E-state index contributed by atoms with van der Waals surface area (Å²) >= 11 is 1.49. The van der Waals surface area contributed by atoms with Crippen LogP contribution >= 0.6 is 11.8 Å². The molecule has 0 fully saturated rings. The van der Waals surface area contributed by atoms with Gasteiger partial charge < -0.3 is 16.4 Å². The molecular formula is C12H17N3O2S. The van der Waals surface area contributed by atoms with Gasteiger partial charge in [0.25, 0.3) is 0 Å². The third kappa shape index (κ3) is 4.67. The lowest BCUT2D eigenvalue weighted by atomic mass is 10.2. The Kier molecular flexibility index (Phi) is 5.51. The number of anilines is 1. The van der Waals surface area contributed by atoms with Crippen molar-refractivity contribution in [2.75, 3.05) is 11.6 Å². The number of hydrogen-bond donors (Lipinski definition) is 3. The van der Waals surface area contributed by atoms with E-state index in [1.165, 1.54) is 11.8 Å². The van der Waals surface area contributed by atoms with E-state index in [1.54, 1.807) is 18.2 Å². The van der Waals surface area contributed by atoms with Crippen molar-refractivity contribution in [2.24, 2.45) is 5.73 Å². The van der Waals surface area contributed by atoms with E-state index >= 15 is 0 Å². The maximum absolute atomic E-state index is 11.6. The summed E-state index contributed by atoms with van der Waals surface area (Å²) in [6, 6.07) is 6.57. The fourth-order valence-electron chi connectivity index (χ4n) is 1.34. The molecule has 0 aliphatic rings. The lowest BCUT2D eigenvalue weighted by Gasteiger charge is -2.10. The summed E-state index contributed by atoms with van der Waals surface area (Å²) in [4.78, 5) is 22.3. The Bertz CT molecular complexity index is 437. The molecule has 1 atom stereocenters. The van der Waals surface area contributed by atoms with Crippen molar-refractivity contribution in [1.29, 1.82) is 0 Å². The minimum atomic E-state index is -0.604. The summed E-state index contributed by atoms with van der Waals surface area (Å²) in [6.07, 6.45) is 1.89. The number of thioether (sulfide) groups is 1. The first-order valence-corrected chi connectivity index (χ1v) is 6.77. The largest absolute Gasteiger partial charge is 0.351 e. The van der Waals surface area contributed by atoms with Crippen LogP contribution in [-0.4, -0.2) is 23.4 Å². The van der Waals surface area contributed by atoms with Crippen molar-refractivity contribution in [3.05, 3.63) is 29.8 Å².